The molecule has 1 aromatic heterocycles. The lowest BCUT2D eigenvalue weighted by molar-refractivity contribution is -0.139. The Labute approximate surface area is 302 Å². The first-order valence-corrected chi connectivity index (χ1v) is 16.9. The Kier molecular flexibility index (Phi) is 14.6. The maximum absolute atomic E-state index is 15.0. The normalized spacial score (nSPS) is 13.7. The molecule has 0 fully saturated rings. The number of nitrogens with one attached hydrogen (secondary N) is 3. The van der Waals surface area contributed by atoms with Crippen molar-refractivity contribution in [3.63, 3.8) is 0 Å². The summed E-state index contributed by atoms with van der Waals surface area (Å²) in [7, 11) is 0. The fourth-order valence-corrected chi connectivity index (χ4v) is 5.80. The van der Waals surface area contributed by atoms with Crippen molar-refractivity contribution in [3.8, 4) is 11.1 Å². The highest BCUT2D eigenvalue weighted by molar-refractivity contribution is 5.94. The van der Waals surface area contributed by atoms with Crippen LogP contribution < -0.4 is 27.4 Å². The molecule has 0 spiro atoms. The number of benzene rings is 2. The molecule has 13 nitrogen and oxygen atoms in total. The van der Waals surface area contributed by atoms with E-state index in [-0.39, 0.29) is 25.1 Å². The van der Waals surface area contributed by atoms with Crippen molar-refractivity contribution < 1.29 is 37.9 Å². The quantitative estimate of drug-likeness (QED) is 0.114. The van der Waals surface area contributed by atoms with Crippen LogP contribution in [0.25, 0.3) is 11.1 Å². The number of carbonyl (C=O) groups is 5. The first kappa shape index (κ1) is 41.3. The van der Waals surface area contributed by atoms with Crippen LogP contribution in [0, 0.1) is 17.0 Å². The molecule has 15 heteroatoms. The summed E-state index contributed by atoms with van der Waals surface area (Å²) in [4.78, 5) is 64.3. The number of amides is 5. The van der Waals surface area contributed by atoms with Gasteiger partial charge in [-0.15, -0.1) is 0 Å². The van der Waals surface area contributed by atoms with Crippen molar-refractivity contribution in [3.05, 3.63) is 83.7 Å². The van der Waals surface area contributed by atoms with E-state index < -0.39 is 83.8 Å². The molecular weight excluding hydrogens is 676 g/mol. The maximum atomic E-state index is 15.0. The van der Waals surface area contributed by atoms with E-state index in [1.54, 1.807) is 12.3 Å². The molecule has 2 aromatic carbocycles. The van der Waals surface area contributed by atoms with E-state index in [4.69, 9.17) is 11.5 Å². The van der Waals surface area contributed by atoms with Crippen LogP contribution in [-0.2, 0) is 30.5 Å². The summed E-state index contributed by atoms with van der Waals surface area (Å²) in [5.74, 6) is -4.72. The van der Waals surface area contributed by atoms with Gasteiger partial charge in [-0.1, -0.05) is 51.1 Å². The number of rotatable bonds is 17. The number of nitrogens with zero attached hydrogens (tertiary/aromatic N) is 2. The number of hydrogen-bond donors (Lipinski definition) is 6. The van der Waals surface area contributed by atoms with E-state index in [2.05, 4.69) is 16.0 Å². The monoisotopic (exact) mass is 725 g/mol. The van der Waals surface area contributed by atoms with Crippen molar-refractivity contribution in [2.24, 2.45) is 16.9 Å². The summed E-state index contributed by atoms with van der Waals surface area (Å²) >= 11 is 0. The van der Waals surface area contributed by atoms with Crippen molar-refractivity contribution in [2.45, 2.75) is 78.2 Å². The third kappa shape index (κ3) is 11.4. The van der Waals surface area contributed by atoms with Gasteiger partial charge in [0.15, 0.2) is 0 Å². The molecule has 0 aliphatic rings. The molecule has 0 aliphatic carbocycles. The summed E-state index contributed by atoms with van der Waals surface area (Å²) < 4.78 is 31.2. The van der Waals surface area contributed by atoms with Gasteiger partial charge in [-0.2, -0.15) is 0 Å². The molecule has 0 aliphatic heterocycles. The zero-order valence-electron chi connectivity index (χ0n) is 30.1. The van der Waals surface area contributed by atoms with Crippen molar-refractivity contribution in [1.29, 1.82) is 0 Å². The van der Waals surface area contributed by atoms with E-state index in [0.29, 0.717) is 17.8 Å². The molecule has 0 saturated heterocycles. The van der Waals surface area contributed by atoms with Crippen molar-refractivity contribution in [1.82, 2.24) is 25.4 Å². The van der Waals surface area contributed by atoms with Crippen LogP contribution in [0.3, 0.4) is 0 Å². The molecule has 52 heavy (non-hydrogen) atoms. The van der Waals surface area contributed by atoms with Gasteiger partial charge < -0.3 is 42.0 Å². The molecule has 282 valence electrons. The van der Waals surface area contributed by atoms with Gasteiger partial charge in [0.25, 0.3) is 0 Å². The highest BCUT2D eigenvalue weighted by Crippen LogP contribution is 2.41. The Morgan fingerprint density at radius 2 is 1.62 bits per heavy atom. The van der Waals surface area contributed by atoms with E-state index in [1.165, 1.54) is 18.7 Å². The number of aliphatic hydroxyl groups is 1. The number of halogens is 2. The molecule has 0 radical (unpaired) electrons. The van der Waals surface area contributed by atoms with Gasteiger partial charge in [-0.3, -0.25) is 24.0 Å². The zero-order chi connectivity index (χ0) is 38.7. The Morgan fingerprint density at radius 1 is 0.942 bits per heavy atom. The Balaban J connectivity index is 1.88. The Hall–Kier alpha value is -5.15. The predicted octanol–water partition coefficient (Wildman–Crippen LogP) is 2.11. The first-order chi connectivity index (χ1) is 24.4. The SMILES string of the molecule is C[C@H](N)C(=O)N[C@@H](C)C(=O)N[C@@H](CC(N)=O)C(=O)NCCCN(C(=O)CO)[C@@H](c1cc(-c2cc(F)ccc2F)cn1Cc1ccccc1)C(C)(C)C. The molecule has 0 bridgehead atoms. The third-order valence-electron chi connectivity index (χ3n) is 8.31. The van der Waals surface area contributed by atoms with Crippen LogP contribution in [-0.4, -0.2) is 81.9 Å². The molecule has 3 rings (SSSR count). The standard InChI is InChI=1S/C37H49F2N7O6/c1-22(40)34(50)43-23(2)35(51)44-29(18-31(41)48)36(52)42-14-9-15-46(32(49)21-47)33(37(3,4)5)30-16-25(27-17-26(38)12-13-28(27)39)20-45(30)19-24-10-7-6-8-11-24/h6-8,10-13,16-17,20,22-23,29,33,47H,9,14-15,18-19,21,40H2,1-5H3,(H2,41,48)(H,42,52)(H,43,50)(H,44,51)/t22-,23-,29-,33-/m0/s1. The first-order valence-electron chi connectivity index (χ1n) is 16.9. The average molecular weight is 726 g/mol. The maximum Gasteiger partial charge on any atom is 0.248 e. The highest BCUT2D eigenvalue weighted by atomic mass is 19.1. The number of hydrogen-bond acceptors (Lipinski definition) is 7. The second-order valence-electron chi connectivity index (χ2n) is 13.8. The molecular formula is C37H49F2N7O6. The second kappa shape index (κ2) is 18.4. The van der Waals surface area contributed by atoms with Crippen LogP contribution in [0.4, 0.5) is 8.78 Å². The lowest BCUT2D eigenvalue weighted by Gasteiger charge is -2.41. The van der Waals surface area contributed by atoms with Gasteiger partial charge in [0, 0.05) is 42.7 Å². The molecule has 4 atom stereocenters. The van der Waals surface area contributed by atoms with Crippen LogP contribution in [0.5, 0.6) is 0 Å². The van der Waals surface area contributed by atoms with Gasteiger partial charge >= 0.3 is 0 Å². The Bertz CT molecular complexity index is 1720. The molecule has 3 aromatic rings. The van der Waals surface area contributed by atoms with Crippen LogP contribution in [0.2, 0.25) is 0 Å². The lowest BCUT2D eigenvalue weighted by atomic mass is 9.83. The van der Waals surface area contributed by atoms with Gasteiger partial charge in [0.1, 0.15) is 30.3 Å². The number of aliphatic hydroxyl groups excluding tert-OH is 1. The van der Waals surface area contributed by atoms with Gasteiger partial charge in [0.2, 0.25) is 29.5 Å². The average Bonchev–Trinajstić information content (AvgIpc) is 3.47. The minimum Gasteiger partial charge on any atom is -0.387 e. The Morgan fingerprint density at radius 3 is 2.21 bits per heavy atom. The van der Waals surface area contributed by atoms with E-state index in [9.17, 15) is 33.5 Å². The van der Waals surface area contributed by atoms with Crippen molar-refractivity contribution >= 4 is 29.5 Å². The minimum atomic E-state index is -1.35. The number of carbonyl (C=O) groups excluding carboxylic acids is 5. The number of aromatic nitrogens is 1. The smallest absolute Gasteiger partial charge is 0.248 e. The van der Waals surface area contributed by atoms with E-state index in [0.717, 1.165) is 23.8 Å². The van der Waals surface area contributed by atoms with E-state index in [1.807, 2.05) is 55.7 Å². The summed E-state index contributed by atoms with van der Waals surface area (Å²) in [5, 5.41) is 17.5. The molecule has 8 N–H and O–H groups in total. The molecule has 0 saturated carbocycles. The second-order valence-corrected chi connectivity index (χ2v) is 13.8. The van der Waals surface area contributed by atoms with Crippen LogP contribution >= 0.6 is 0 Å². The summed E-state index contributed by atoms with van der Waals surface area (Å²) in [6, 6.07) is 10.4. The van der Waals surface area contributed by atoms with Gasteiger partial charge in [0.05, 0.1) is 18.5 Å². The molecule has 1 heterocycles. The summed E-state index contributed by atoms with van der Waals surface area (Å²) in [5.41, 5.74) is 12.2. The van der Waals surface area contributed by atoms with Gasteiger partial charge in [-0.25, -0.2) is 8.78 Å². The molecule has 0 unspecified atom stereocenters. The number of nitrogens with two attached hydrogens (primary N) is 2. The van der Waals surface area contributed by atoms with Crippen molar-refractivity contribution in [2.75, 3.05) is 19.7 Å². The highest BCUT2D eigenvalue weighted by Gasteiger charge is 2.37. The fraction of sp³-hybridized carbons (Fsp3) is 0.432. The lowest BCUT2D eigenvalue weighted by Crippen LogP contribution is -2.55. The summed E-state index contributed by atoms with van der Waals surface area (Å²) in [6.45, 7) is 8.14. The van der Waals surface area contributed by atoms with Gasteiger partial charge in [-0.05, 0) is 55.5 Å². The topological polar surface area (TPSA) is 202 Å². The summed E-state index contributed by atoms with van der Waals surface area (Å²) in [6.07, 6.45) is 1.38. The molecule has 5 amide bonds. The zero-order valence-corrected chi connectivity index (χ0v) is 30.1. The van der Waals surface area contributed by atoms with Crippen LogP contribution in [0.15, 0.2) is 60.8 Å². The largest absolute Gasteiger partial charge is 0.387 e. The van der Waals surface area contributed by atoms with Crippen LogP contribution in [0.1, 0.15) is 64.8 Å². The number of primary amides is 1. The van der Waals surface area contributed by atoms with E-state index >= 15 is 4.39 Å². The third-order valence-corrected chi connectivity index (χ3v) is 8.31. The predicted molar refractivity (Wildman–Crippen MR) is 191 cm³/mol. The fourth-order valence-electron chi connectivity index (χ4n) is 5.80. The minimum absolute atomic E-state index is 0.00219.